The van der Waals surface area contributed by atoms with Crippen molar-refractivity contribution in [3.05, 3.63) is 247 Å². The number of anilines is 3. The van der Waals surface area contributed by atoms with E-state index in [9.17, 15) is 0 Å². The van der Waals surface area contributed by atoms with Crippen LogP contribution in [0.1, 0.15) is 23.1 Å². The molecule has 0 bridgehead atoms. The molecule has 1 nitrogen and oxygen atoms in total. The monoisotopic (exact) mass is 763 g/mol. The van der Waals surface area contributed by atoms with Crippen LogP contribution in [0, 0.1) is 5.92 Å². The quantitative estimate of drug-likeness (QED) is 0.156. The van der Waals surface area contributed by atoms with Crippen LogP contribution in [0.5, 0.6) is 0 Å². The third-order valence-corrected chi connectivity index (χ3v) is 13.3. The minimum absolute atomic E-state index is 0.202. The molecular formula is C59H41N. The van der Waals surface area contributed by atoms with E-state index < -0.39 is 5.41 Å². The van der Waals surface area contributed by atoms with Crippen LogP contribution in [-0.4, -0.2) is 0 Å². The van der Waals surface area contributed by atoms with Crippen molar-refractivity contribution < 1.29 is 0 Å². The van der Waals surface area contributed by atoms with Gasteiger partial charge in [0.2, 0.25) is 0 Å². The third kappa shape index (κ3) is 5.19. The Kier molecular flexibility index (Phi) is 7.96. The lowest BCUT2D eigenvalue weighted by Gasteiger charge is -2.40. The highest BCUT2D eigenvalue weighted by Gasteiger charge is 2.50. The van der Waals surface area contributed by atoms with Gasteiger partial charge >= 0.3 is 0 Å². The van der Waals surface area contributed by atoms with Gasteiger partial charge in [0, 0.05) is 17.1 Å². The lowest BCUT2D eigenvalue weighted by molar-refractivity contribution is 0.458. The van der Waals surface area contributed by atoms with Gasteiger partial charge in [-0.15, -0.1) is 0 Å². The Morgan fingerprint density at radius 2 is 0.950 bits per heavy atom. The Hall–Kier alpha value is -7.48. The summed E-state index contributed by atoms with van der Waals surface area (Å²) in [4.78, 5) is 2.44. The molecule has 0 heterocycles. The summed E-state index contributed by atoms with van der Waals surface area (Å²) in [5.41, 5.74) is 19.9. The van der Waals surface area contributed by atoms with E-state index in [1.54, 1.807) is 0 Å². The first-order chi connectivity index (χ1) is 29.8. The molecule has 0 aromatic heterocycles. The molecule has 60 heavy (non-hydrogen) atoms. The van der Waals surface area contributed by atoms with E-state index in [-0.39, 0.29) is 5.92 Å². The predicted octanol–water partition coefficient (Wildman–Crippen LogP) is 15.7. The van der Waals surface area contributed by atoms with Gasteiger partial charge in [0.05, 0.1) is 5.41 Å². The Bertz CT molecular complexity index is 3060. The normalized spacial score (nSPS) is 16.7. The molecule has 0 radical (unpaired) electrons. The smallest absolute Gasteiger partial charge is 0.0530 e. The van der Waals surface area contributed by atoms with Gasteiger partial charge in [0.1, 0.15) is 0 Å². The molecule has 0 aliphatic heterocycles. The van der Waals surface area contributed by atoms with Crippen molar-refractivity contribution in [2.24, 2.45) is 5.92 Å². The molecule has 0 saturated heterocycles. The highest BCUT2D eigenvalue weighted by molar-refractivity contribution is 6.20. The SMILES string of the molecule is C1=CCC(C2(c3ccccc3)c3cc(N(c4ccc(-c5ccccc5)cc4)c4ccc(-c5ccccc5)cc4)ccc3-c3c2cc2c4c(cccc34)-c3ccccc3-2)C=C1. The molecule has 3 aliphatic rings. The largest absolute Gasteiger partial charge is 0.310 e. The molecule has 12 rings (SSSR count). The number of fused-ring (bicyclic) bond motifs is 7. The van der Waals surface area contributed by atoms with Crippen LogP contribution < -0.4 is 4.90 Å². The molecule has 3 aliphatic carbocycles. The predicted molar refractivity (Wildman–Crippen MR) is 252 cm³/mol. The van der Waals surface area contributed by atoms with E-state index in [0.717, 1.165) is 23.5 Å². The first kappa shape index (κ1) is 34.6. The van der Waals surface area contributed by atoms with Crippen molar-refractivity contribution in [1.29, 1.82) is 0 Å². The Morgan fingerprint density at radius 3 is 1.57 bits per heavy atom. The van der Waals surface area contributed by atoms with Crippen LogP contribution in [0.3, 0.4) is 0 Å². The summed E-state index contributed by atoms with van der Waals surface area (Å²) in [6.45, 7) is 0. The van der Waals surface area contributed by atoms with Gasteiger partial charge in [-0.1, -0.05) is 188 Å². The number of hydrogen-bond donors (Lipinski definition) is 0. The fourth-order valence-corrected chi connectivity index (χ4v) is 10.7. The average molecular weight is 764 g/mol. The van der Waals surface area contributed by atoms with Gasteiger partial charge in [-0.3, -0.25) is 0 Å². The van der Waals surface area contributed by atoms with Gasteiger partial charge in [-0.25, -0.2) is 0 Å². The van der Waals surface area contributed by atoms with Crippen LogP contribution in [-0.2, 0) is 5.41 Å². The maximum atomic E-state index is 2.58. The van der Waals surface area contributed by atoms with Crippen molar-refractivity contribution in [3.8, 4) is 55.6 Å². The molecule has 0 fully saturated rings. The Morgan fingerprint density at radius 1 is 0.400 bits per heavy atom. The fourth-order valence-electron chi connectivity index (χ4n) is 10.7. The summed E-state index contributed by atoms with van der Waals surface area (Å²) < 4.78 is 0. The van der Waals surface area contributed by atoms with Gasteiger partial charge < -0.3 is 4.90 Å². The second-order valence-corrected chi connectivity index (χ2v) is 16.3. The van der Waals surface area contributed by atoms with Crippen LogP contribution in [0.2, 0.25) is 0 Å². The van der Waals surface area contributed by atoms with Crippen molar-refractivity contribution in [2.75, 3.05) is 4.90 Å². The summed E-state index contributed by atoms with van der Waals surface area (Å²) in [6.07, 6.45) is 10.3. The average Bonchev–Trinajstić information content (AvgIpc) is 3.82. The highest BCUT2D eigenvalue weighted by atomic mass is 15.1. The summed E-state index contributed by atoms with van der Waals surface area (Å²) in [6, 6.07) is 76.6. The van der Waals surface area contributed by atoms with Crippen LogP contribution in [0.4, 0.5) is 17.1 Å². The fraction of sp³-hybridized carbons (Fsp3) is 0.0508. The van der Waals surface area contributed by atoms with E-state index in [0.29, 0.717) is 0 Å². The Labute approximate surface area is 351 Å². The van der Waals surface area contributed by atoms with Crippen molar-refractivity contribution in [1.82, 2.24) is 0 Å². The van der Waals surface area contributed by atoms with Crippen LogP contribution in [0.15, 0.2) is 231 Å². The molecule has 282 valence electrons. The zero-order valence-electron chi connectivity index (χ0n) is 33.2. The molecule has 2 atom stereocenters. The minimum atomic E-state index is -0.443. The van der Waals surface area contributed by atoms with Crippen molar-refractivity contribution >= 4 is 27.8 Å². The molecule has 0 saturated carbocycles. The highest BCUT2D eigenvalue weighted by Crippen LogP contribution is 2.63. The second kappa shape index (κ2) is 13.8. The standard InChI is InChI=1S/C59H41N/c1-5-16-40(17-6-1)42-28-32-46(33-29-42)60(47-34-30-43(31-35-47)41-18-7-2-8-19-41)48-36-37-52-55(38-48)59(44-20-9-3-10-21-44,45-22-11-4-12-23-45)56-39-54-50-25-14-13-24-49(50)51-26-15-27-53(57(51)54)58(52)56/h1-22,24-39,45H,23H2. The topological polar surface area (TPSA) is 3.24 Å². The maximum Gasteiger partial charge on any atom is 0.0530 e. The Balaban J connectivity index is 1.12. The van der Waals surface area contributed by atoms with E-state index in [4.69, 9.17) is 0 Å². The van der Waals surface area contributed by atoms with Crippen LogP contribution in [0.25, 0.3) is 66.4 Å². The number of rotatable bonds is 7. The zero-order valence-corrected chi connectivity index (χ0v) is 33.2. The molecule has 0 amide bonds. The van der Waals surface area contributed by atoms with Gasteiger partial charge in [0.15, 0.2) is 0 Å². The van der Waals surface area contributed by atoms with E-state index in [1.165, 1.54) is 83.1 Å². The first-order valence-corrected chi connectivity index (χ1v) is 21.1. The van der Waals surface area contributed by atoms with E-state index in [2.05, 4.69) is 235 Å². The van der Waals surface area contributed by atoms with Crippen LogP contribution >= 0.6 is 0 Å². The molecule has 1 heteroatoms. The molecule has 9 aromatic carbocycles. The van der Waals surface area contributed by atoms with E-state index in [1.807, 2.05) is 0 Å². The zero-order chi connectivity index (χ0) is 39.6. The van der Waals surface area contributed by atoms with Crippen molar-refractivity contribution in [2.45, 2.75) is 11.8 Å². The molecule has 9 aromatic rings. The number of benzene rings is 9. The summed E-state index contributed by atoms with van der Waals surface area (Å²) in [5, 5.41) is 2.71. The summed E-state index contributed by atoms with van der Waals surface area (Å²) in [5.74, 6) is 0.202. The summed E-state index contributed by atoms with van der Waals surface area (Å²) >= 11 is 0. The number of nitrogens with zero attached hydrogens (tertiary/aromatic N) is 1. The van der Waals surface area contributed by atoms with E-state index >= 15 is 0 Å². The summed E-state index contributed by atoms with van der Waals surface area (Å²) in [7, 11) is 0. The molecule has 0 N–H and O–H groups in total. The molecular weight excluding hydrogens is 723 g/mol. The van der Waals surface area contributed by atoms with Gasteiger partial charge in [-0.05, 0) is 138 Å². The van der Waals surface area contributed by atoms with Gasteiger partial charge in [0.25, 0.3) is 0 Å². The molecule has 0 spiro atoms. The second-order valence-electron chi connectivity index (χ2n) is 16.3. The third-order valence-electron chi connectivity index (χ3n) is 13.3. The van der Waals surface area contributed by atoms with Crippen molar-refractivity contribution in [3.63, 3.8) is 0 Å². The first-order valence-electron chi connectivity index (χ1n) is 21.1. The van der Waals surface area contributed by atoms with Gasteiger partial charge in [-0.2, -0.15) is 0 Å². The number of allylic oxidation sites excluding steroid dienone is 4. The maximum absolute atomic E-state index is 2.58. The minimum Gasteiger partial charge on any atom is -0.310 e. The molecule has 2 unspecified atom stereocenters. The lowest BCUT2D eigenvalue weighted by atomic mass is 9.62. The lowest BCUT2D eigenvalue weighted by Crippen LogP contribution is -2.35. The number of hydrogen-bond acceptors (Lipinski definition) is 1.